The van der Waals surface area contributed by atoms with Gasteiger partial charge in [0, 0.05) is 5.57 Å². The number of esters is 1. The van der Waals surface area contributed by atoms with E-state index < -0.39 is 0 Å². The van der Waals surface area contributed by atoms with Gasteiger partial charge in [-0.2, -0.15) is 0 Å². The molecule has 6 rings (SSSR count). The number of allylic oxidation sites excluding steroid dienone is 2. The molecule has 0 spiro atoms. The number of hydrogen-bond donors (Lipinski definition) is 1. The monoisotopic (exact) mass is 484 g/mol. The molecule has 0 atom stereocenters. The number of phenols is 1. The topological polar surface area (TPSA) is 46.5 Å². The third-order valence-electron chi connectivity index (χ3n) is 7.92. The summed E-state index contributed by atoms with van der Waals surface area (Å²) >= 11 is 0. The first-order valence-corrected chi connectivity index (χ1v) is 13.4. The summed E-state index contributed by atoms with van der Waals surface area (Å²) in [5.41, 5.74) is 4.17. The van der Waals surface area contributed by atoms with Crippen molar-refractivity contribution in [3.05, 3.63) is 89.5 Å². The Kier molecular flexibility index (Phi) is 8.51. The van der Waals surface area contributed by atoms with Crippen molar-refractivity contribution in [2.75, 3.05) is 0 Å². The number of benzene rings is 2. The van der Waals surface area contributed by atoms with Crippen molar-refractivity contribution in [3.63, 3.8) is 0 Å². The van der Waals surface area contributed by atoms with E-state index in [4.69, 9.17) is 4.74 Å². The van der Waals surface area contributed by atoms with E-state index in [0.717, 1.165) is 17.4 Å². The quantitative estimate of drug-likeness (QED) is 0.255. The van der Waals surface area contributed by atoms with Crippen molar-refractivity contribution in [2.45, 2.75) is 64.9 Å². The van der Waals surface area contributed by atoms with Crippen LogP contribution in [0.25, 0.3) is 12.2 Å². The first-order chi connectivity index (χ1) is 17.3. The fraction of sp³-hybridized carbons (Fsp3) is 0.424. The molecule has 3 nitrogen and oxygen atoms in total. The molecule has 4 bridgehead atoms. The van der Waals surface area contributed by atoms with Crippen LogP contribution in [0, 0.1) is 23.7 Å². The van der Waals surface area contributed by atoms with Gasteiger partial charge >= 0.3 is 5.97 Å². The fourth-order valence-electron chi connectivity index (χ4n) is 6.20. The zero-order chi connectivity index (χ0) is 25.7. The molecule has 4 fully saturated rings. The summed E-state index contributed by atoms with van der Waals surface area (Å²) in [5.74, 6) is 3.85. The molecule has 4 saturated carbocycles. The van der Waals surface area contributed by atoms with Crippen LogP contribution in [0.2, 0.25) is 0 Å². The van der Waals surface area contributed by atoms with Gasteiger partial charge in [0.2, 0.25) is 0 Å². The Hall–Kier alpha value is -3.07. The van der Waals surface area contributed by atoms with Gasteiger partial charge in [0.25, 0.3) is 0 Å². The lowest BCUT2D eigenvalue weighted by atomic mass is 9.55. The van der Waals surface area contributed by atoms with E-state index in [-0.39, 0.29) is 12.1 Å². The van der Waals surface area contributed by atoms with Gasteiger partial charge in [0.15, 0.2) is 0 Å². The van der Waals surface area contributed by atoms with Gasteiger partial charge in [-0.05, 0) is 97.4 Å². The van der Waals surface area contributed by atoms with E-state index >= 15 is 0 Å². The molecule has 0 aliphatic heterocycles. The molecular weight excluding hydrogens is 444 g/mol. The fourth-order valence-corrected chi connectivity index (χ4v) is 6.20. The van der Waals surface area contributed by atoms with Crippen LogP contribution in [0.3, 0.4) is 0 Å². The average molecular weight is 485 g/mol. The number of carbonyl (C=O) groups excluding carboxylic acids is 1. The molecule has 2 aromatic carbocycles. The zero-order valence-corrected chi connectivity index (χ0v) is 21.9. The maximum Gasteiger partial charge on any atom is 0.333 e. The van der Waals surface area contributed by atoms with E-state index in [1.165, 1.54) is 43.2 Å². The van der Waals surface area contributed by atoms with Gasteiger partial charge in [-0.1, -0.05) is 81.1 Å². The summed E-state index contributed by atoms with van der Waals surface area (Å²) < 4.78 is 5.65. The molecule has 1 N–H and O–H groups in total. The number of ether oxygens (including phenoxy) is 1. The van der Waals surface area contributed by atoms with Crippen molar-refractivity contribution in [2.24, 2.45) is 23.7 Å². The predicted octanol–water partition coefficient (Wildman–Crippen LogP) is 8.17. The largest absolute Gasteiger partial charge is 0.508 e. The molecule has 4 aliphatic rings. The van der Waals surface area contributed by atoms with Gasteiger partial charge in [-0.25, -0.2) is 4.79 Å². The van der Waals surface area contributed by atoms with Crippen LogP contribution < -0.4 is 0 Å². The minimum atomic E-state index is -0.183. The van der Waals surface area contributed by atoms with Crippen LogP contribution in [-0.2, 0) is 9.53 Å². The van der Waals surface area contributed by atoms with Crippen molar-refractivity contribution >= 4 is 18.1 Å². The van der Waals surface area contributed by atoms with Crippen molar-refractivity contribution < 1.29 is 14.6 Å². The Bertz CT molecular complexity index is 1060. The Morgan fingerprint density at radius 1 is 0.861 bits per heavy atom. The van der Waals surface area contributed by atoms with Gasteiger partial charge in [0.05, 0.1) is 0 Å². The lowest BCUT2D eigenvalue weighted by Crippen LogP contribution is -2.50. The van der Waals surface area contributed by atoms with Crippen molar-refractivity contribution in [1.82, 2.24) is 0 Å². The second kappa shape index (κ2) is 11.8. The summed E-state index contributed by atoms with van der Waals surface area (Å²) in [4.78, 5) is 11.6. The highest BCUT2D eigenvalue weighted by atomic mass is 16.5. The minimum absolute atomic E-state index is 0.183. The first kappa shape index (κ1) is 26.0. The maximum absolute atomic E-state index is 11.6. The lowest BCUT2D eigenvalue weighted by Gasteiger charge is -2.53. The molecule has 0 heterocycles. The molecule has 0 amide bonds. The van der Waals surface area contributed by atoms with Gasteiger partial charge in [-0.15, -0.1) is 0 Å². The summed E-state index contributed by atoms with van der Waals surface area (Å²) in [7, 11) is 0. The second-order valence-electron chi connectivity index (χ2n) is 11.2. The standard InChI is InChI=1S/C19H20O.C14H20O2/c1-15(2)18-11-7-16(8-12-18)5-3-4-6-17-9-13-19(20)14-10-17;1-8(2)14(15)16-13-11-4-9-3-10(6-11)7-12(13)5-9/h3-15,20H,1-2H3;9-13H,1,3-7H2,2H3. The molecule has 190 valence electrons. The number of carbonyl (C=O) groups is 1. The van der Waals surface area contributed by atoms with Gasteiger partial charge < -0.3 is 9.84 Å². The van der Waals surface area contributed by atoms with Gasteiger partial charge in [0.1, 0.15) is 11.9 Å². The van der Waals surface area contributed by atoms with E-state index in [2.05, 4.69) is 50.8 Å². The predicted molar refractivity (Wildman–Crippen MR) is 148 cm³/mol. The molecule has 0 unspecified atom stereocenters. The van der Waals surface area contributed by atoms with Crippen LogP contribution >= 0.6 is 0 Å². The SMILES string of the molecule is C=C(C)C(=O)OC1C2CC3CC(C2)CC1C3.CC(C)c1ccc(C=CC=Cc2ccc(O)cc2)cc1. The molecule has 0 aromatic heterocycles. The zero-order valence-electron chi connectivity index (χ0n) is 21.9. The third-order valence-corrected chi connectivity index (χ3v) is 7.92. The van der Waals surface area contributed by atoms with Crippen LogP contribution in [0.1, 0.15) is 75.5 Å². The van der Waals surface area contributed by atoms with Crippen LogP contribution in [0.4, 0.5) is 0 Å². The third kappa shape index (κ3) is 6.78. The van der Waals surface area contributed by atoms with Crippen LogP contribution in [0.15, 0.2) is 72.8 Å². The van der Waals surface area contributed by atoms with E-state index in [1.54, 1.807) is 19.1 Å². The Morgan fingerprint density at radius 2 is 1.33 bits per heavy atom. The van der Waals surface area contributed by atoms with Gasteiger partial charge in [-0.3, -0.25) is 0 Å². The van der Waals surface area contributed by atoms with E-state index in [1.807, 2.05) is 30.4 Å². The molecule has 4 aliphatic carbocycles. The molecule has 36 heavy (non-hydrogen) atoms. The number of phenolic OH excluding ortho intramolecular Hbond substituents is 1. The minimum Gasteiger partial charge on any atom is -0.508 e. The first-order valence-electron chi connectivity index (χ1n) is 13.4. The van der Waals surface area contributed by atoms with Crippen molar-refractivity contribution in [1.29, 1.82) is 0 Å². The number of aromatic hydroxyl groups is 1. The maximum atomic E-state index is 11.6. The van der Waals surface area contributed by atoms with E-state index in [9.17, 15) is 9.90 Å². The summed E-state index contributed by atoms with van der Waals surface area (Å²) in [6.45, 7) is 9.80. The lowest BCUT2D eigenvalue weighted by molar-refractivity contribution is -0.166. The molecule has 3 heteroatoms. The van der Waals surface area contributed by atoms with Crippen LogP contribution in [-0.4, -0.2) is 17.2 Å². The molecular formula is C33H40O3. The highest BCUT2D eigenvalue weighted by Gasteiger charge is 2.49. The molecule has 2 aromatic rings. The average Bonchev–Trinajstić information content (AvgIpc) is 2.85. The van der Waals surface area contributed by atoms with Crippen LogP contribution in [0.5, 0.6) is 5.75 Å². The Labute approximate surface area is 216 Å². The molecule has 0 saturated heterocycles. The summed E-state index contributed by atoms with van der Waals surface area (Å²) in [5, 5.41) is 9.20. The number of rotatable bonds is 6. The second-order valence-corrected chi connectivity index (χ2v) is 11.2. The highest BCUT2D eigenvalue weighted by molar-refractivity contribution is 5.87. The summed E-state index contributed by atoms with van der Waals surface area (Å²) in [6, 6.07) is 15.8. The normalized spacial score (nSPS) is 26.3. The Balaban J connectivity index is 0.000000173. The van der Waals surface area contributed by atoms with Crippen molar-refractivity contribution in [3.8, 4) is 5.75 Å². The van der Waals surface area contributed by atoms with E-state index in [0.29, 0.717) is 29.1 Å². The highest BCUT2D eigenvalue weighted by Crippen LogP contribution is 2.54. The Morgan fingerprint density at radius 3 is 1.78 bits per heavy atom. The summed E-state index contributed by atoms with van der Waals surface area (Å²) in [6.07, 6.45) is 14.9. The molecule has 0 radical (unpaired) electrons. The smallest absolute Gasteiger partial charge is 0.333 e. The number of hydrogen-bond acceptors (Lipinski definition) is 3.